The summed E-state index contributed by atoms with van der Waals surface area (Å²) in [7, 11) is 0. The van der Waals surface area contributed by atoms with E-state index in [1.165, 1.54) is 6.20 Å². The Bertz CT molecular complexity index is 479. The molecule has 0 unspecified atom stereocenters. The fraction of sp³-hybridized carbons (Fsp3) is 0.0909. The monoisotopic (exact) mass is 232 g/mol. The lowest BCUT2D eigenvalue weighted by Crippen LogP contribution is -2.22. The zero-order valence-electron chi connectivity index (χ0n) is 9.01. The van der Waals surface area contributed by atoms with Crippen molar-refractivity contribution in [1.82, 2.24) is 10.3 Å². The van der Waals surface area contributed by atoms with Gasteiger partial charge in [0, 0.05) is 6.20 Å². The molecule has 88 valence electrons. The lowest BCUT2D eigenvalue weighted by molar-refractivity contribution is 0.0947. The molecule has 6 heteroatoms. The quantitative estimate of drug-likeness (QED) is 0.537. The van der Waals surface area contributed by atoms with Crippen LogP contribution in [0.25, 0.3) is 0 Å². The van der Waals surface area contributed by atoms with Gasteiger partial charge in [-0.1, -0.05) is 0 Å². The molecule has 0 bridgehead atoms. The third-order valence-electron chi connectivity index (χ3n) is 2.18. The Morgan fingerprint density at radius 1 is 1.41 bits per heavy atom. The Kier molecular flexibility index (Phi) is 3.37. The van der Waals surface area contributed by atoms with E-state index in [1.807, 2.05) is 0 Å². The van der Waals surface area contributed by atoms with Gasteiger partial charge in [0.15, 0.2) is 0 Å². The van der Waals surface area contributed by atoms with E-state index >= 15 is 0 Å². The largest absolute Gasteiger partial charge is 0.467 e. The molecule has 0 aliphatic heterocycles. The minimum atomic E-state index is -0.211. The molecule has 0 fully saturated rings. The average molecular weight is 232 g/mol. The van der Waals surface area contributed by atoms with Gasteiger partial charge < -0.3 is 15.2 Å². The van der Waals surface area contributed by atoms with Gasteiger partial charge in [-0.05, 0) is 24.3 Å². The highest BCUT2D eigenvalue weighted by atomic mass is 16.3. The predicted molar refractivity (Wildman–Crippen MR) is 61.9 cm³/mol. The Labute approximate surface area is 97.8 Å². The molecule has 1 amide bonds. The summed E-state index contributed by atoms with van der Waals surface area (Å²) >= 11 is 0. The van der Waals surface area contributed by atoms with Crippen molar-refractivity contribution in [2.75, 3.05) is 5.43 Å². The Morgan fingerprint density at radius 3 is 2.88 bits per heavy atom. The number of anilines is 1. The highest BCUT2D eigenvalue weighted by Gasteiger charge is 2.06. The second-order valence-electron chi connectivity index (χ2n) is 3.34. The maximum atomic E-state index is 11.7. The van der Waals surface area contributed by atoms with Gasteiger partial charge in [-0.25, -0.2) is 10.8 Å². The summed E-state index contributed by atoms with van der Waals surface area (Å²) in [5, 5.41) is 2.71. The zero-order chi connectivity index (χ0) is 12.1. The first-order valence-electron chi connectivity index (χ1n) is 5.03. The molecule has 0 saturated carbocycles. The van der Waals surface area contributed by atoms with Crippen LogP contribution >= 0.6 is 0 Å². The SMILES string of the molecule is NNc1ccc(C(=O)NCc2ccco2)cn1. The molecule has 2 aromatic heterocycles. The molecular formula is C11H12N4O2. The highest BCUT2D eigenvalue weighted by molar-refractivity contribution is 5.93. The second-order valence-corrected chi connectivity index (χ2v) is 3.34. The van der Waals surface area contributed by atoms with Crippen molar-refractivity contribution in [2.45, 2.75) is 6.54 Å². The number of nitrogens with one attached hydrogen (secondary N) is 2. The van der Waals surface area contributed by atoms with Crippen molar-refractivity contribution in [1.29, 1.82) is 0 Å². The molecule has 0 aromatic carbocycles. The van der Waals surface area contributed by atoms with Crippen LogP contribution in [0.2, 0.25) is 0 Å². The van der Waals surface area contributed by atoms with Gasteiger partial charge in [0.1, 0.15) is 11.6 Å². The normalized spacial score (nSPS) is 9.94. The number of rotatable bonds is 4. The molecule has 2 heterocycles. The number of pyridine rings is 1. The molecule has 0 saturated heterocycles. The number of amides is 1. The Balaban J connectivity index is 1.95. The molecule has 6 nitrogen and oxygen atoms in total. The molecule has 0 radical (unpaired) electrons. The molecular weight excluding hydrogens is 220 g/mol. The summed E-state index contributed by atoms with van der Waals surface area (Å²) in [4.78, 5) is 15.6. The van der Waals surface area contributed by atoms with E-state index in [2.05, 4.69) is 15.7 Å². The number of nitrogen functional groups attached to an aromatic ring is 1. The molecule has 0 atom stereocenters. The van der Waals surface area contributed by atoms with Crippen molar-refractivity contribution in [3.05, 3.63) is 48.0 Å². The maximum absolute atomic E-state index is 11.7. The van der Waals surface area contributed by atoms with Crippen LogP contribution in [0.3, 0.4) is 0 Å². The molecule has 2 rings (SSSR count). The van der Waals surface area contributed by atoms with E-state index in [9.17, 15) is 4.79 Å². The topological polar surface area (TPSA) is 93.2 Å². The van der Waals surface area contributed by atoms with E-state index in [1.54, 1.807) is 30.5 Å². The zero-order valence-corrected chi connectivity index (χ0v) is 9.01. The first-order chi connectivity index (χ1) is 8.29. The Hall–Kier alpha value is -2.34. The van der Waals surface area contributed by atoms with Gasteiger partial charge in [-0.15, -0.1) is 0 Å². The van der Waals surface area contributed by atoms with E-state index in [-0.39, 0.29) is 5.91 Å². The number of hydrogen-bond donors (Lipinski definition) is 3. The van der Waals surface area contributed by atoms with Crippen molar-refractivity contribution < 1.29 is 9.21 Å². The third kappa shape index (κ3) is 2.82. The van der Waals surface area contributed by atoms with Crippen LogP contribution in [-0.4, -0.2) is 10.9 Å². The van der Waals surface area contributed by atoms with Gasteiger partial charge in [0.2, 0.25) is 0 Å². The molecule has 4 N–H and O–H groups in total. The van der Waals surface area contributed by atoms with Crippen LogP contribution in [0.5, 0.6) is 0 Å². The van der Waals surface area contributed by atoms with Crippen molar-refractivity contribution >= 4 is 11.7 Å². The summed E-state index contributed by atoms with van der Waals surface area (Å²) in [5.41, 5.74) is 2.86. The van der Waals surface area contributed by atoms with Crippen LogP contribution in [0.1, 0.15) is 16.1 Å². The second kappa shape index (κ2) is 5.13. The number of carbonyl (C=O) groups is 1. The maximum Gasteiger partial charge on any atom is 0.253 e. The van der Waals surface area contributed by atoms with Gasteiger partial charge in [0.25, 0.3) is 5.91 Å². The van der Waals surface area contributed by atoms with Crippen LogP contribution < -0.4 is 16.6 Å². The van der Waals surface area contributed by atoms with Gasteiger partial charge >= 0.3 is 0 Å². The molecule has 2 aromatic rings. The minimum absolute atomic E-state index is 0.211. The molecule has 0 aliphatic rings. The average Bonchev–Trinajstić information content (AvgIpc) is 2.89. The smallest absolute Gasteiger partial charge is 0.253 e. The molecule has 0 aliphatic carbocycles. The minimum Gasteiger partial charge on any atom is -0.467 e. The predicted octanol–water partition coefficient (Wildman–Crippen LogP) is 0.890. The number of furan rings is 1. The summed E-state index contributed by atoms with van der Waals surface area (Å²) in [6.45, 7) is 0.350. The van der Waals surface area contributed by atoms with Gasteiger partial charge in [-0.3, -0.25) is 4.79 Å². The van der Waals surface area contributed by atoms with E-state index in [0.717, 1.165) is 0 Å². The summed E-state index contributed by atoms with van der Waals surface area (Å²) in [6.07, 6.45) is 3.01. The van der Waals surface area contributed by atoms with Crippen molar-refractivity contribution in [2.24, 2.45) is 5.84 Å². The fourth-order valence-electron chi connectivity index (χ4n) is 1.30. The summed E-state index contributed by atoms with van der Waals surface area (Å²) in [6, 6.07) is 6.83. The van der Waals surface area contributed by atoms with Crippen molar-refractivity contribution in [3.63, 3.8) is 0 Å². The van der Waals surface area contributed by atoms with Crippen molar-refractivity contribution in [3.8, 4) is 0 Å². The van der Waals surface area contributed by atoms with Crippen LogP contribution in [-0.2, 0) is 6.54 Å². The number of hydrazine groups is 1. The molecule has 0 spiro atoms. The summed E-state index contributed by atoms with van der Waals surface area (Å²) in [5.74, 6) is 6.17. The number of nitrogens with zero attached hydrogens (tertiary/aromatic N) is 1. The van der Waals surface area contributed by atoms with Gasteiger partial charge in [-0.2, -0.15) is 0 Å². The number of aromatic nitrogens is 1. The third-order valence-corrected chi connectivity index (χ3v) is 2.18. The lowest BCUT2D eigenvalue weighted by Gasteiger charge is -2.04. The van der Waals surface area contributed by atoms with Crippen LogP contribution in [0.4, 0.5) is 5.82 Å². The van der Waals surface area contributed by atoms with Gasteiger partial charge in [0.05, 0.1) is 18.4 Å². The van der Waals surface area contributed by atoms with Crippen LogP contribution in [0.15, 0.2) is 41.1 Å². The number of carbonyl (C=O) groups excluding carboxylic acids is 1. The first kappa shape index (κ1) is 11.2. The van der Waals surface area contributed by atoms with E-state index < -0.39 is 0 Å². The summed E-state index contributed by atoms with van der Waals surface area (Å²) < 4.78 is 5.10. The first-order valence-corrected chi connectivity index (χ1v) is 5.03. The number of nitrogens with two attached hydrogens (primary N) is 1. The van der Waals surface area contributed by atoms with E-state index in [4.69, 9.17) is 10.3 Å². The lowest BCUT2D eigenvalue weighted by atomic mass is 10.2. The van der Waals surface area contributed by atoms with E-state index in [0.29, 0.717) is 23.7 Å². The van der Waals surface area contributed by atoms with Crippen LogP contribution in [0, 0.1) is 0 Å². The fourth-order valence-corrected chi connectivity index (χ4v) is 1.30. The standard InChI is InChI=1S/C11H12N4O2/c12-15-10-4-3-8(6-13-10)11(16)14-7-9-2-1-5-17-9/h1-6H,7,12H2,(H,13,15)(H,14,16). The Morgan fingerprint density at radius 2 is 2.29 bits per heavy atom. The molecule has 17 heavy (non-hydrogen) atoms. The number of hydrogen-bond acceptors (Lipinski definition) is 5. The highest BCUT2D eigenvalue weighted by Crippen LogP contribution is 2.04.